The van der Waals surface area contributed by atoms with Crippen LogP contribution >= 0.6 is 0 Å². The minimum Gasteiger partial charge on any atom is -0.484 e. The van der Waals surface area contributed by atoms with Crippen LogP contribution < -0.4 is 4.74 Å². The van der Waals surface area contributed by atoms with E-state index in [0.29, 0.717) is 0 Å². The molecule has 0 saturated heterocycles. The lowest BCUT2D eigenvalue weighted by Gasteiger charge is -2.14. The van der Waals surface area contributed by atoms with E-state index in [1.54, 1.807) is 18.5 Å². The molecule has 0 fully saturated rings. The molecule has 2 heteroatoms. The highest BCUT2D eigenvalue weighted by molar-refractivity contribution is 5.20. The average molecular weight is 198 g/mol. The van der Waals surface area contributed by atoms with E-state index in [1.165, 1.54) is 0 Å². The highest BCUT2D eigenvalue weighted by atomic mass is 16.5. The largest absolute Gasteiger partial charge is 0.484 e. The molecule has 0 spiro atoms. The zero-order valence-electron chi connectivity index (χ0n) is 8.55. The highest BCUT2D eigenvalue weighted by Gasteiger charge is 2.05. The van der Waals surface area contributed by atoms with E-state index in [4.69, 9.17) is 4.74 Å². The summed E-state index contributed by atoms with van der Waals surface area (Å²) < 4.78 is 5.71. The standard InChI is InChI=1S/C13H12NO/c1-11(12-6-3-2-4-7-12)15-13-8-5-9-14-10-13/h2-4,6-11H,1H3. The fourth-order valence-electron chi connectivity index (χ4n) is 1.37. The van der Waals surface area contributed by atoms with Crippen molar-refractivity contribution < 1.29 is 4.74 Å². The van der Waals surface area contributed by atoms with Crippen molar-refractivity contribution in [3.8, 4) is 5.75 Å². The van der Waals surface area contributed by atoms with E-state index < -0.39 is 0 Å². The summed E-state index contributed by atoms with van der Waals surface area (Å²) in [5, 5.41) is 0. The van der Waals surface area contributed by atoms with E-state index in [-0.39, 0.29) is 6.10 Å². The summed E-state index contributed by atoms with van der Waals surface area (Å²) >= 11 is 0. The van der Waals surface area contributed by atoms with Crippen LogP contribution in [0.2, 0.25) is 0 Å². The Kier molecular flexibility index (Phi) is 2.98. The number of nitrogens with zero attached hydrogens (tertiary/aromatic N) is 1. The maximum atomic E-state index is 5.71. The molecule has 1 heterocycles. The van der Waals surface area contributed by atoms with Gasteiger partial charge in [-0.05, 0) is 18.6 Å². The first-order valence-corrected chi connectivity index (χ1v) is 4.89. The predicted octanol–water partition coefficient (Wildman–Crippen LogP) is 3.02. The van der Waals surface area contributed by atoms with Crippen molar-refractivity contribution >= 4 is 0 Å². The molecular formula is C13H12NO. The number of pyridine rings is 1. The molecule has 0 N–H and O–H groups in total. The number of benzene rings is 1. The van der Waals surface area contributed by atoms with Crippen LogP contribution in [0.3, 0.4) is 0 Å². The third-order valence-electron chi connectivity index (χ3n) is 2.16. The SMILES string of the molecule is CC(Oc1c[c]cnc1)c1ccccc1. The fourth-order valence-corrected chi connectivity index (χ4v) is 1.37. The molecule has 1 aromatic heterocycles. The zero-order valence-corrected chi connectivity index (χ0v) is 8.55. The summed E-state index contributed by atoms with van der Waals surface area (Å²) in [4.78, 5) is 3.95. The maximum Gasteiger partial charge on any atom is 0.139 e. The number of aromatic nitrogens is 1. The predicted molar refractivity (Wildman–Crippen MR) is 58.6 cm³/mol. The van der Waals surface area contributed by atoms with Crippen molar-refractivity contribution in [1.29, 1.82) is 0 Å². The Hall–Kier alpha value is -1.83. The molecule has 0 saturated carbocycles. The van der Waals surface area contributed by atoms with Gasteiger partial charge in [-0.15, -0.1) is 0 Å². The maximum absolute atomic E-state index is 5.71. The lowest BCUT2D eigenvalue weighted by molar-refractivity contribution is 0.226. The Bertz CT molecular complexity index is 399. The van der Waals surface area contributed by atoms with Crippen molar-refractivity contribution in [2.24, 2.45) is 0 Å². The molecular weight excluding hydrogens is 186 g/mol. The molecule has 0 bridgehead atoms. The Morgan fingerprint density at radius 3 is 2.73 bits per heavy atom. The van der Waals surface area contributed by atoms with Crippen molar-refractivity contribution in [1.82, 2.24) is 4.98 Å². The van der Waals surface area contributed by atoms with Crippen molar-refractivity contribution in [3.63, 3.8) is 0 Å². The van der Waals surface area contributed by atoms with Gasteiger partial charge in [-0.1, -0.05) is 30.3 Å². The molecule has 15 heavy (non-hydrogen) atoms. The Balaban J connectivity index is 2.08. The molecule has 1 atom stereocenters. The summed E-state index contributed by atoms with van der Waals surface area (Å²) in [5.74, 6) is 0.744. The van der Waals surface area contributed by atoms with Crippen LogP contribution in [0.4, 0.5) is 0 Å². The summed E-state index contributed by atoms with van der Waals surface area (Å²) in [7, 11) is 0. The normalized spacial score (nSPS) is 12.1. The second-order valence-electron chi connectivity index (χ2n) is 3.29. The highest BCUT2D eigenvalue weighted by Crippen LogP contribution is 2.19. The molecule has 2 rings (SSSR count). The monoisotopic (exact) mass is 198 g/mol. The summed E-state index contributed by atoms with van der Waals surface area (Å²) in [6, 6.07) is 14.8. The lowest BCUT2D eigenvalue weighted by atomic mass is 10.1. The number of hydrogen-bond donors (Lipinski definition) is 0. The molecule has 0 aliphatic carbocycles. The third-order valence-corrected chi connectivity index (χ3v) is 2.16. The van der Waals surface area contributed by atoms with Crippen molar-refractivity contribution in [3.05, 3.63) is 60.4 Å². The van der Waals surface area contributed by atoms with Crippen LogP contribution in [0.5, 0.6) is 5.75 Å². The minimum atomic E-state index is 0.0313. The van der Waals surface area contributed by atoms with Crippen LogP contribution in [0.1, 0.15) is 18.6 Å². The Labute approximate surface area is 89.6 Å². The molecule has 1 unspecified atom stereocenters. The smallest absolute Gasteiger partial charge is 0.139 e. The van der Waals surface area contributed by atoms with Gasteiger partial charge in [0, 0.05) is 12.3 Å². The number of rotatable bonds is 3. The van der Waals surface area contributed by atoms with Gasteiger partial charge in [0.15, 0.2) is 0 Å². The van der Waals surface area contributed by atoms with E-state index in [9.17, 15) is 0 Å². The second kappa shape index (κ2) is 4.60. The van der Waals surface area contributed by atoms with Crippen LogP contribution in [0, 0.1) is 6.07 Å². The van der Waals surface area contributed by atoms with Gasteiger partial charge in [0.2, 0.25) is 0 Å². The Morgan fingerprint density at radius 1 is 1.27 bits per heavy atom. The molecule has 0 amide bonds. The van der Waals surface area contributed by atoms with Crippen LogP contribution in [-0.2, 0) is 0 Å². The first-order valence-electron chi connectivity index (χ1n) is 4.89. The van der Waals surface area contributed by atoms with Gasteiger partial charge in [0.25, 0.3) is 0 Å². The molecule has 75 valence electrons. The van der Waals surface area contributed by atoms with Gasteiger partial charge in [0.05, 0.1) is 6.20 Å². The first kappa shape index (κ1) is 9.71. The molecule has 1 aromatic carbocycles. The van der Waals surface area contributed by atoms with Crippen molar-refractivity contribution in [2.75, 3.05) is 0 Å². The molecule has 0 aliphatic rings. The van der Waals surface area contributed by atoms with Gasteiger partial charge in [-0.2, -0.15) is 0 Å². The van der Waals surface area contributed by atoms with Gasteiger partial charge >= 0.3 is 0 Å². The third kappa shape index (κ3) is 2.56. The second-order valence-corrected chi connectivity index (χ2v) is 3.29. The van der Waals surface area contributed by atoms with E-state index in [2.05, 4.69) is 11.1 Å². The summed E-state index contributed by atoms with van der Waals surface area (Å²) in [5.41, 5.74) is 1.15. The van der Waals surface area contributed by atoms with E-state index >= 15 is 0 Å². The molecule has 1 radical (unpaired) electrons. The lowest BCUT2D eigenvalue weighted by Crippen LogP contribution is -2.02. The van der Waals surface area contributed by atoms with Crippen molar-refractivity contribution in [2.45, 2.75) is 13.0 Å². The van der Waals surface area contributed by atoms with E-state index in [0.717, 1.165) is 11.3 Å². The molecule has 2 aromatic rings. The minimum absolute atomic E-state index is 0.0313. The Morgan fingerprint density at radius 2 is 2.07 bits per heavy atom. The van der Waals surface area contributed by atoms with Gasteiger partial charge in [0.1, 0.15) is 11.9 Å². The summed E-state index contributed by atoms with van der Waals surface area (Å²) in [6.07, 6.45) is 3.33. The summed E-state index contributed by atoms with van der Waals surface area (Å²) in [6.45, 7) is 2.02. The molecule has 2 nitrogen and oxygen atoms in total. The van der Waals surface area contributed by atoms with Gasteiger partial charge < -0.3 is 4.74 Å². The van der Waals surface area contributed by atoms with Crippen LogP contribution in [-0.4, -0.2) is 4.98 Å². The number of ether oxygens (including phenoxy) is 1. The fraction of sp³-hybridized carbons (Fsp3) is 0.154. The quantitative estimate of drug-likeness (QED) is 0.756. The zero-order chi connectivity index (χ0) is 10.5. The van der Waals surface area contributed by atoms with Gasteiger partial charge in [-0.3, -0.25) is 4.98 Å². The first-order chi connectivity index (χ1) is 7.36. The average Bonchev–Trinajstić information content (AvgIpc) is 2.31. The topological polar surface area (TPSA) is 22.1 Å². The molecule has 0 aliphatic heterocycles. The van der Waals surface area contributed by atoms with Gasteiger partial charge in [-0.25, -0.2) is 0 Å². The van der Waals surface area contributed by atoms with Crippen LogP contribution in [0.15, 0.2) is 48.8 Å². The van der Waals surface area contributed by atoms with Crippen LogP contribution in [0.25, 0.3) is 0 Å². The number of hydrogen-bond acceptors (Lipinski definition) is 2. The van der Waals surface area contributed by atoms with E-state index in [1.807, 2.05) is 37.3 Å².